The molecular formula is C15H30N2S. The first kappa shape index (κ1) is 14.7. The molecular weight excluding hydrogens is 240 g/mol. The van der Waals surface area contributed by atoms with Crippen LogP contribution in [0.3, 0.4) is 0 Å². The van der Waals surface area contributed by atoms with Crippen molar-refractivity contribution in [3.8, 4) is 0 Å². The molecule has 1 aliphatic carbocycles. The molecule has 1 heterocycles. The Hall–Kier alpha value is 0.270. The summed E-state index contributed by atoms with van der Waals surface area (Å²) >= 11 is 2.12. The van der Waals surface area contributed by atoms with E-state index < -0.39 is 0 Å². The summed E-state index contributed by atoms with van der Waals surface area (Å²) in [7, 11) is 0. The minimum Gasteiger partial charge on any atom is -0.312 e. The van der Waals surface area contributed by atoms with E-state index in [1.807, 2.05) is 0 Å². The zero-order valence-corrected chi connectivity index (χ0v) is 13.0. The average molecular weight is 270 g/mol. The van der Waals surface area contributed by atoms with Gasteiger partial charge in [0.25, 0.3) is 0 Å². The standard InChI is InChI=1S/C15H30N2S/c1-13(2)11-17(15-5-3-4-6-15)9-7-14-12-18-10-8-16-14/h13-16H,3-12H2,1-2H3. The zero-order chi connectivity index (χ0) is 12.8. The Morgan fingerprint density at radius 3 is 2.67 bits per heavy atom. The van der Waals surface area contributed by atoms with E-state index in [2.05, 4.69) is 35.8 Å². The molecule has 1 saturated carbocycles. The number of nitrogens with one attached hydrogen (secondary N) is 1. The summed E-state index contributed by atoms with van der Waals surface area (Å²) in [4.78, 5) is 2.79. The molecule has 106 valence electrons. The highest BCUT2D eigenvalue weighted by molar-refractivity contribution is 7.99. The fourth-order valence-electron chi connectivity index (χ4n) is 3.29. The van der Waals surface area contributed by atoms with Crippen molar-refractivity contribution in [2.24, 2.45) is 5.92 Å². The summed E-state index contributed by atoms with van der Waals surface area (Å²) in [5.74, 6) is 3.42. The second-order valence-corrected chi connectivity index (χ2v) is 7.49. The summed E-state index contributed by atoms with van der Waals surface area (Å²) in [6, 6.07) is 1.66. The molecule has 18 heavy (non-hydrogen) atoms. The van der Waals surface area contributed by atoms with E-state index in [9.17, 15) is 0 Å². The van der Waals surface area contributed by atoms with Crippen LogP contribution < -0.4 is 5.32 Å². The molecule has 2 aliphatic rings. The molecule has 0 radical (unpaired) electrons. The summed E-state index contributed by atoms with van der Waals surface area (Å²) in [5.41, 5.74) is 0. The van der Waals surface area contributed by atoms with Crippen LogP contribution in [-0.2, 0) is 0 Å². The van der Waals surface area contributed by atoms with Crippen molar-refractivity contribution < 1.29 is 0 Å². The van der Waals surface area contributed by atoms with Crippen LogP contribution in [0.15, 0.2) is 0 Å². The number of nitrogens with zero attached hydrogens (tertiary/aromatic N) is 1. The normalized spacial score (nSPS) is 26.3. The van der Waals surface area contributed by atoms with Gasteiger partial charge >= 0.3 is 0 Å². The molecule has 0 aromatic heterocycles. The van der Waals surface area contributed by atoms with Crippen molar-refractivity contribution >= 4 is 11.8 Å². The van der Waals surface area contributed by atoms with Gasteiger partial charge in [0.1, 0.15) is 0 Å². The van der Waals surface area contributed by atoms with Gasteiger partial charge in [-0.15, -0.1) is 0 Å². The molecule has 1 atom stereocenters. The highest BCUT2D eigenvalue weighted by Gasteiger charge is 2.24. The van der Waals surface area contributed by atoms with Gasteiger partial charge in [0, 0.05) is 36.7 Å². The molecule has 0 bridgehead atoms. The predicted molar refractivity (Wildman–Crippen MR) is 82.4 cm³/mol. The summed E-state index contributed by atoms with van der Waals surface area (Å²) < 4.78 is 0. The van der Waals surface area contributed by atoms with Crippen LogP contribution in [0.1, 0.15) is 46.0 Å². The van der Waals surface area contributed by atoms with E-state index in [1.54, 1.807) is 0 Å². The second-order valence-electron chi connectivity index (χ2n) is 6.34. The smallest absolute Gasteiger partial charge is 0.0170 e. The van der Waals surface area contributed by atoms with Gasteiger partial charge < -0.3 is 10.2 Å². The molecule has 0 amide bonds. The van der Waals surface area contributed by atoms with Gasteiger partial charge in [0.2, 0.25) is 0 Å². The maximum absolute atomic E-state index is 3.67. The van der Waals surface area contributed by atoms with E-state index in [1.165, 1.54) is 63.2 Å². The second kappa shape index (κ2) is 7.76. The van der Waals surface area contributed by atoms with Crippen molar-refractivity contribution in [1.82, 2.24) is 10.2 Å². The quantitative estimate of drug-likeness (QED) is 0.799. The van der Waals surface area contributed by atoms with Crippen LogP contribution in [-0.4, -0.2) is 48.1 Å². The van der Waals surface area contributed by atoms with Crippen molar-refractivity contribution in [1.29, 1.82) is 0 Å². The summed E-state index contributed by atoms with van der Waals surface area (Å²) in [6.07, 6.45) is 7.14. The lowest BCUT2D eigenvalue weighted by Crippen LogP contribution is -2.43. The zero-order valence-electron chi connectivity index (χ0n) is 12.2. The lowest BCUT2D eigenvalue weighted by molar-refractivity contribution is 0.170. The number of hydrogen-bond donors (Lipinski definition) is 1. The summed E-state index contributed by atoms with van der Waals surface area (Å²) in [6.45, 7) is 8.53. The molecule has 1 unspecified atom stereocenters. The molecule has 0 aromatic carbocycles. The van der Waals surface area contributed by atoms with Gasteiger partial charge in [0.05, 0.1) is 0 Å². The Labute approximate surface area is 117 Å². The van der Waals surface area contributed by atoms with Gasteiger partial charge in [-0.1, -0.05) is 26.7 Å². The SMILES string of the molecule is CC(C)CN(CCC1CSCCN1)C1CCCC1. The Morgan fingerprint density at radius 2 is 2.06 bits per heavy atom. The maximum atomic E-state index is 3.67. The lowest BCUT2D eigenvalue weighted by atomic mass is 10.1. The van der Waals surface area contributed by atoms with Gasteiger partial charge in [-0.05, 0) is 31.7 Å². The minimum atomic E-state index is 0.764. The lowest BCUT2D eigenvalue weighted by Gasteiger charge is -2.32. The van der Waals surface area contributed by atoms with E-state index in [-0.39, 0.29) is 0 Å². The molecule has 0 spiro atoms. The third kappa shape index (κ3) is 4.75. The minimum absolute atomic E-state index is 0.764. The van der Waals surface area contributed by atoms with Crippen LogP contribution in [0, 0.1) is 5.92 Å². The third-order valence-corrected chi connectivity index (χ3v) is 5.33. The Morgan fingerprint density at radius 1 is 1.28 bits per heavy atom. The number of rotatable bonds is 6. The van der Waals surface area contributed by atoms with E-state index in [0.29, 0.717) is 0 Å². The first-order chi connectivity index (χ1) is 8.75. The number of thioether (sulfide) groups is 1. The van der Waals surface area contributed by atoms with Crippen molar-refractivity contribution in [2.45, 2.75) is 58.0 Å². The molecule has 2 nitrogen and oxygen atoms in total. The van der Waals surface area contributed by atoms with Gasteiger partial charge in [-0.2, -0.15) is 11.8 Å². The predicted octanol–water partition coefficient (Wildman–Crippen LogP) is 2.98. The molecule has 3 heteroatoms. The first-order valence-corrected chi connectivity index (χ1v) is 8.96. The summed E-state index contributed by atoms with van der Waals surface area (Å²) in [5, 5.41) is 3.67. The fourth-order valence-corrected chi connectivity index (χ4v) is 4.29. The van der Waals surface area contributed by atoms with Crippen LogP contribution in [0.2, 0.25) is 0 Å². The molecule has 1 aliphatic heterocycles. The van der Waals surface area contributed by atoms with Crippen LogP contribution in [0.4, 0.5) is 0 Å². The molecule has 1 saturated heterocycles. The van der Waals surface area contributed by atoms with Gasteiger partial charge in [-0.3, -0.25) is 0 Å². The van der Waals surface area contributed by atoms with Crippen molar-refractivity contribution in [3.63, 3.8) is 0 Å². The highest BCUT2D eigenvalue weighted by atomic mass is 32.2. The number of hydrogen-bond acceptors (Lipinski definition) is 3. The third-order valence-electron chi connectivity index (χ3n) is 4.20. The van der Waals surface area contributed by atoms with Gasteiger partial charge in [-0.25, -0.2) is 0 Å². The van der Waals surface area contributed by atoms with Crippen LogP contribution in [0.5, 0.6) is 0 Å². The largest absolute Gasteiger partial charge is 0.312 e. The van der Waals surface area contributed by atoms with Crippen molar-refractivity contribution in [3.05, 3.63) is 0 Å². The van der Waals surface area contributed by atoms with E-state index in [4.69, 9.17) is 0 Å². The molecule has 2 fully saturated rings. The van der Waals surface area contributed by atoms with Gasteiger partial charge in [0.15, 0.2) is 0 Å². The molecule has 1 N–H and O–H groups in total. The van der Waals surface area contributed by atoms with Crippen LogP contribution >= 0.6 is 11.8 Å². The molecule has 2 rings (SSSR count). The Balaban J connectivity index is 1.76. The van der Waals surface area contributed by atoms with E-state index in [0.717, 1.165) is 18.0 Å². The van der Waals surface area contributed by atoms with Crippen LogP contribution in [0.25, 0.3) is 0 Å². The Kier molecular flexibility index (Phi) is 6.33. The monoisotopic (exact) mass is 270 g/mol. The van der Waals surface area contributed by atoms with Crippen molar-refractivity contribution in [2.75, 3.05) is 31.1 Å². The Bertz CT molecular complexity index is 221. The first-order valence-electron chi connectivity index (χ1n) is 7.81. The molecule has 0 aromatic rings. The topological polar surface area (TPSA) is 15.3 Å². The maximum Gasteiger partial charge on any atom is 0.0170 e. The van der Waals surface area contributed by atoms with E-state index >= 15 is 0 Å². The fraction of sp³-hybridized carbons (Fsp3) is 1.00. The average Bonchev–Trinajstić information content (AvgIpc) is 2.89. The highest BCUT2D eigenvalue weighted by Crippen LogP contribution is 2.25.